The van der Waals surface area contributed by atoms with Crippen molar-refractivity contribution < 1.29 is 9.59 Å². The summed E-state index contributed by atoms with van der Waals surface area (Å²) in [4.78, 5) is 31.5. The van der Waals surface area contributed by atoms with Gasteiger partial charge in [0.05, 0.1) is 0 Å². The molecular weight excluding hydrogens is 318 g/mol. The van der Waals surface area contributed by atoms with Crippen LogP contribution in [0.2, 0.25) is 0 Å². The number of rotatable bonds is 7. The standard InChI is InChI=1S/C18H23N5O2/c1-12(2)8-9-19-17-10-16(20-11-21-17)18(25)23-15-6-4-14(5-7-15)22-13(3)24/h4-7,10-12H,8-9H2,1-3H3,(H,22,24)(H,23,25)(H,19,20,21). The highest BCUT2D eigenvalue weighted by atomic mass is 16.2. The fourth-order valence-electron chi connectivity index (χ4n) is 2.10. The van der Waals surface area contributed by atoms with Crippen LogP contribution >= 0.6 is 0 Å². The molecule has 0 aliphatic rings. The summed E-state index contributed by atoms with van der Waals surface area (Å²) < 4.78 is 0. The molecule has 7 heteroatoms. The molecule has 7 nitrogen and oxygen atoms in total. The Hall–Kier alpha value is -2.96. The van der Waals surface area contributed by atoms with Gasteiger partial charge >= 0.3 is 0 Å². The summed E-state index contributed by atoms with van der Waals surface area (Å²) in [6.07, 6.45) is 2.39. The summed E-state index contributed by atoms with van der Waals surface area (Å²) in [6, 6.07) is 8.49. The molecule has 0 bridgehead atoms. The summed E-state index contributed by atoms with van der Waals surface area (Å²) in [5.74, 6) is 0.760. The van der Waals surface area contributed by atoms with E-state index in [9.17, 15) is 9.59 Å². The molecule has 0 aliphatic carbocycles. The smallest absolute Gasteiger partial charge is 0.274 e. The molecule has 3 N–H and O–H groups in total. The average molecular weight is 341 g/mol. The Balaban J connectivity index is 1.97. The number of carbonyl (C=O) groups excluding carboxylic acids is 2. The highest BCUT2D eigenvalue weighted by molar-refractivity contribution is 6.03. The van der Waals surface area contributed by atoms with Gasteiger partial charge < -0.3 is 16.0 Å². The van der Waals surface area contributed by atoms with Gasteiger partial charge in [0.1, 0.15) is 17.8 Å². The number of hydrogen-bond donors (Lipinski definition) is 3. The SMILES string of the molecule is CC(=O)Nc1ccc(NC(=O)c2cc(NCCC(C)C)ncn2)cc1. The second kappa shape index (κ2) is 8.77. The van der Waals surface area contributed by atoms with Crippen molar-refractivity contribution in [3.05, 3.63) is 42.4 Å². The number of nitrogens with zero attached hydrogens (tertiary/aromatic N) is 2. The van der Waals surface area contributed by atoms with Crippen LogP contribution in [0.15, 0.2) is 36.7 Å². The number of nitrogens with one attached hydrogen (secondary N) is 3. The van der Waals surface area contributed by atoms with E-state index in [0.717, 1.165) is 13.0 Å². The van der Waals surface area contributed by atoms with Crippen molar-refractivity contribution in [3.8, 4) is 0 Å². The minimum absolute atomic E-state index is 0.143. The molecule has 1 heterocycles. The first kappa shape index (κ1) is 18.4. The first-order chi connectivity index (χ1) is 11.9. The second-order valence-electron chi connectivity index (χ2n) is 6.11. The lowest BCUT2D eigenvalue weighted by molar-refractivity contribution is -0.114. The van der Waals surface area contributed by atoms with Crippen molar-refractivity contribution in [3.63, 3.8) is 0 Å². The predicted octanol–water partition coefficient (Wildman–Crippen LogP) is 3.15. The Labute approximate surface area is 147 Å². The average Bonchev–Trinajstić information content (AvgIpc) is 2.56. The molecule has 0 radical (unpaired) electrons. The third-order valence-corrected chi connectivity index (χ3v) is 3.39. The van der Waals surface area contributed by atoms with E-state index >= 15 is 0 Å². The van der Waals surface area contributed by atoms with Crippen LogP contribution in [0.25, 0.3) is 0 Å². The van der Waals surface area contributed by atoms with Crippen molar-refractivity contribution in [2.45, 2.75) is 27.2 Å². The van der Waals surface area contributed by atoms with Crippen LogP contribution < -0.4 is 16.0 Å². The molecule has 0 unspecified atom stereocenters. The van der Waals surface area contributed by atoms with Gasteiger partial charge in [-0.25, -0.2) is 9.97 Å². The molecule has 0 spiro atoms. The topological polar surface area (TPSA) is 96.0 Å². The Kier molecular flexibility index (Phi) is 6.45. The maximum Gasteiger partial charge on any atom is 0.274 e. The zero-order chi connectivity index (χ0) is 18.2. The monoisotopic (exact) mass is 341 g/mol. The molecule has 0 atom stereocenters. The zero-order valence-corrected chi connectivity index (χ0v) is 14.7. The van der Waals surface area contributed by atoms with Crippen LogP contribution in [0, 0.1) is 5.92 Å². The molecule has 132 valence electrons. The minimum atomic E-state index is -0.318. The zero-order valence-electron chi connectivity index (χ0n) is 14.7. The fourth-order valence-corrected chi connectivity index (χ4v) is 2.10. The molecule has 2 rings (SSSR count). The molecule has 25 heavy (non-hydrogen) atoms. The lowest BCUT2D eigenvalue weighted by Crippen LogP contribution is -2.15. The van der Waals surface area contributed by atoms with E-state index in [-0.39, 0.29) is 17.5 Å². The van der Waals surface area contributed by atoms with Gasteiger partial charge in [0, 0.05) is 30.9 Å². The van der Waals surface area contributed by atoms with Crippen LogP contribution in [0.5, 0.6) is 0 Å². The van der Waals surface area contributed by atoms with E-state index in [2.05, 4.69) is 39.8 Å². The number of amides is 2. The van der Waals surface area contributed by atoms with E-state index < -0.39 is 0 Å². The number of hydrogen-bond acceptors (Lipinski definition) is 5. The van der Waals surface area contributed by atoms with Gasteiger partial charge in [0.2, 0.25) is 5.91 Å². The lowest BCUT2D eigenvalue weighted by Gasteiger charge is -2.09. The normalized spacial score (nSPS) is 10.4. The maximum absolute atomic E-state index is 12.3. The summed E-state index contributed by atoms with van der Waals surface area (Å²) in [7, 11) is 0. The molecule has 0 saturated heterocycles. The highest BCUT2D eigenvalue weighted by Gasteiger charge is 2.09. The minimum Gasteiger partial charge on any atom is -0.370 e. The second-order valence-corrected chi connectivity index (χ2v) is 6.11. The quantitative estimate of drug-likeness (QED) is 0.719. The Bertz CT molecular complexity index is 729. The Morgan fingerprint density at radius 2 is 1.68 bits per heavy atom. The van der Waals surface area contributed by atoms with Crippen LogP contribution in [-0.2, 0) is 4.79 Å². The van der Waals surface area contributed by atoms with Gasteiger partial charge in [0.15, 0.2) is 0 Å². The van der Waals surface area contributed by atoms with Crippen LogP contribution in [0.4, 0.5) is 17.2 Å². The first-order valence-electron chi connectivity index (χ1n) is 8.19. The van der Waals surface area contributed by atoms with Crippen LogP contribution in [0.1, 0.15) is 37.7 Å². The molecule has 1 aromatic heterocycles. The van der Waals surface area contributed by atoms with Crippen LogP contribution in [0.3, 0.4) is 0 Å². The van der Waals surface area contributed by atoms with E-state index in [4.69, 9.17) is 0 Å². The van der Waals surface area contributed by atoms with Crippen molar-refractivity contribution in [1.29, 1.82) is 0 Å². The summed E-state index contributed by atoms with van der Waals surface area (Å²) in [6.45, 7) is 6.54. The van der Waals surface area contributed by atoms with Gasteiger partial charge in [-0.3, -0.25) is 9.59 Å². The molecule has 1 aromatic carbocycles. The van der Waals surface area contributed by atoms with Gasteiger partial charge in [-0.15, -0.1) is 0 Å². The first-order valence-corrected chi connectivity index (χ1v) is 8.19. The molecule has 2 aromatic rings. The predicted molar refractivity (Wildman–Crippen MR) is 98.7 cm³/mol. The van der Waals surface area contributed by atoms with Gasteiger partial charge in [-0.05, 0) is 36.6 Å². The fraction of sp³-hybridized carbons (Fsp3) is 0.333. The number of benzene rings is 1. The van der Waals surface area contributed by atoms with Gasteiger partial charge in [0.25, 0.3) is 5.91 Å². The van der Waals surface area contributed by atoms with Crippen LogP contribution in [-0.4, -0.2) is 28.3 Å². The van der Waals surface area contributed by atoms with Crippen molar-refractivity contribution in [2.24, 2.45) is 5.92 Å². The van der Waals surface area contributed by atoms with E-state index in [1.807, 2.05) is 0 Å². The third-order valence-electron chi connectivity index (χ3n) is 3.39. The number of aromatic nitrogens is 2. The maximum atomic E-state index is 12.3. The highest BCUT2D eigenvalue weighted by Crippen LogP contribution is 2.15. The van der Waals surface area contributed by atoms with Crippen molar-refractivity contribution in [2.75, 3.05) is 22.5 Å². The number of carbonyl (C=O) groups is 2. The van der Waals surface area contributed by atoms with E-state index in [1.54, 1.807) is 30.3 Å². The Morgan fingerprint density at radius 1 is 1.04 bits per heavy atom. The third kappa shape index (κ3) is 6.21. The van der Waals surface area contributed by atoms with Gasteiger partial charge in [-0.1, -0.05) is 13.8 Å². The van der Waals surface area contributed by atoms with E-state index in [1.165, 1.54) is 13.3 Å². The molecule has 0 fully saturated rings. The summed E-state index contributed by atoms with van der Waals surface area (Å²) >= 11 is 0. The number of anilines is 3. The molecule has 0 aliphatic heterocycles. The Morgan fingerprint density at radius 3 is 2.28 bits per heavy atom. The van der Waals surface area contributed by atoms with Crippen molar-refractivity contribution in [1.82, 2.24) is 9.97 Å². The molecule has 2 amide bonds. The molecular formula is C18H23N5O2. The summed E-state index contributed by atoms with van der Waals surface area (Å²) in [5, 5.41) is 8.63. The largest absolute Gasteiger partial charge is 0.370 e. The lowest BCUT2D eigenvalue weighted by atomic mass is 10.1. The molecule has 0 saturated carbocycles. The van der Waals surface area contributed by atoms with E-state index in [0.29, 0.717) is 23.1 Å². The summed E-state index contributed by atoms with van der Waals surface area (Å²) in [5.41, 5.74) is 1.57. The van der Waals surface area contributed by atoms with Crippen molar-refractivity contribution >= 4 is 29.0 Å². The van der Waals surface area contributed by atoms with Gasteiger partial charge in [-0.2, -0.15) is 0 Å².